The van der Waals surface area contributed by atoms with E-state index in [1.54, 1.807) is 0 Å². The lowest BCUT2D eigenvalue weighted by atomic mass is 10.5. The van der Waals surface area contributed by atoms with Crippen LogP contribution in [0.1, 0.15) is 6.42 Å². The number of nitrogens with one attached hydrogen (secondary N) is 1. The van der Waals surface area contributed by atoms with E-state index in [-0.39, 0.29) is 0 Å². The van der Waals surface area contributed by atoms with Gasteiger partial charge >= 0.3 is 0 Å². The quantitative estimate of drug-likeness (QED) is 0.535. The molecule has 2 N–H and O–H groups in total. The summed E-state index contributed by atoms with van der Waals surface area (Å²) in [5.74, 6) is -1.81. The van der Waals surface area contributed by atoms with Crippen molar-refractivity contribution in [2.24, 2.45) is 0 Å². The van der Waals surface area contributed by atoms with Crippen LogP contribution in [0.25, 0.3) is 0 Å². The standard InChI is InChI=1S/C5H6.C4H3NO3/c1-2-4-5-3-1;6-2-1-3(7)5-4(2)8/h1-4H,5H2;1H,(H2,5,6,7,8). The van der Waals surface area contributed by atoms with E-state index in [1.807, 2.05) is 5.32 Å². The van der Waals surface area contributed by atoms with Crippen molar-refractivity contribution in [2.45, 2.75) is 6.42 Å². The molecule has 0 unspecified atom stereocenters. The van der Waals surface area contributed by atoms with Crippen LogP contribution in [-0.4, -0.2) is 16.9 Å². The average Bonchev–Trinajstić information content (AvgIpc) is 2.66. The topological polar surface area (TPSA) is 66.4 Å². The van der Waals surface area contributed by atoms with E-state index in [2.05, 4.69) is 24.3 Å². The van der Waals surface area contributed by atoms with Gasteiger partial charge in [0.1, 0.15) is 0 Å². The van der Waals surface area contributed by atoms with Gasteiger partial charge in [0.2, 0.25) is 0 Å². The van der Waals surface area contributed by atoms with Crippen LogP contribution in [0, 0.1) is 0 Å². The van der Waals surface area contributed by atoms with Gasteiger partial charge in [-0.15, -0.1) is 0 Å². The van der Waals surface area contributed by atoms with Gasteiger partial charge in [0.05, 0.1) is 6.08 Å². The number of carbonyl (C=O) groups is 2. The molecule has 0 aromatic rings. The van der Waals surface area contributed by atoms with E-state index in [9.17, 15) is 9.59 Å². The molecule has 0 saturated carbocycles. The Kier molecular flexibility index (Phi) is 3.03. The third-order valence-corrected chi connectivity index (χ3v) is 1.39. The van der Waals surface area contributed by atoms with Crippen LogP contribution in [0.3, 0.4) is 0 Å². The first-order valence-corrected chi connectivity index (χ1v) is 3.78. The highest BCUT2D eigenvalue weighted by molar-refractivity contribution is 6.14. The van der Waals surface area contributed by atoms with Crippen molar-refractivity contribution in [2.75, 3.05) is 0 Å². The van der Waals surface area contributed by atoms with Gasteiger partial charge in [0.15, 0.2) is 5.76 Å². The van der Waals surface area contributed by atoms with Crippen molar-refractivity contribution in [1.29, 1.82) is 0 Å². The average molecular weight is 179 g/mol. The van der Waals surface area contributed by atoms with Crippen molar-refractivity contribution >= 4 is 11.8 Å². The molecule has 0 bridgehead atoms. The lowest BCUT2D eigenvalue weighted by molar-refractivity contribution is -0.124. The highest BCUT2D eigenvalue weighted by atomic mass is 16.3. The van der Waals surface area contributed by atoms with Crippen LogP contribution < -0.4 is 5.32 Å². The summed E-state index contributed by atoms with van der Waals surface area (Å²) in [5.41, 5.74) is 0. The van der Waals surface area contributed by atoms with Gasteiger partial charge in [-0.1, -0.05) is 24.3 Å². The summed E-state index contributed by atoms with van der Waals surface area (Å²) in [6, 6.07) is 0. The maximum atomic E-state index is 10.1. The number of imide groups is 1. The molecule has 0 aromatic heterocycles. The smallest absolute Gasteiger partial charge is 0.293 e. The maximum absolute atomic E-state index is 10.1. The Morgan fingerprint density at radius 2 is 1.85 bits per heavy atom. The Morgan fingerprint density at radius 1 is 1.23 bits per heavy atom. The maximum Gasteiger partial charge on any atom is 0.293 e. The molecule has 2 aliphatic rings. The summed E-state index contributed by atoms with van der Waals surface area (Å²) >= 11 is 0. The largest absolute Gasteiger partial charge is 0.503 e. The number of allylic oxidation sites excluding steroid dienone is 4. The number of aliphatic hydroxyl groups excluding tert-OH is 1. The molecule has 0 aromatic carbocycles. The first-order chi connectivity index (χ1) is 6.20. The number of aliphatic hydroxyl groups is 1. The Morgan fingerprint density at radius 3 is 2.00 bits per heavy atom. The molecule has 0 fully saturated rings. The molecule has 0 atom stereocenters. The fraction of sp³-hybridized carbons (Fsp3) is 0.111. The molecule has 0 saturated heterocycles. The SMILES string of the molecule is C1=CCC=C1.O=C1C=C(O)C(=O)N1. The Bertz CT molecular complexity index is 303. The number of rotatable bonds is 0. The predicted octanol–water partition coefficient (Wildman–Crippen LogP) is 0.587. The minimum atomic E-state index is -0.727. The molecule has 0 radical (unpaired) electrons. The molecule has 4 nitrogen and oxygen atoms in total. The minimum absolute atomic E-state index is 0.519. The summed E-state index contributed by atoms with van der Waals surface area (Å²) < 4.78 is 0. The zero-order valence-corrected chi connectivity index (χ0v) is 6.86. The third kappa shape index (κ3) is 2.94. The lowest BCUT2D eigenvalue weighted by Crippen LogP contribution is -2.21. The Labute approximate surface area is 75.3 Å². The second-order valence-electron chi connectivity index (χ2n) is 2.44. The predicted molar refractivity (Wildman–Crippen MR) is 46.8 cm³/mol. The van der Waals surface area contributed by atoms with Crippen molar-refractivity contribution in [3.63, 3.8) is 0 Å². The van der Waals surface area contributed by atoms with E-state index >= 15 is 0 Å². The molecule has 0 spiro atoms. The number of amides is 2. The molecule has 1 aliphatic carbocycles. The van der Waals surface area contributed by atoms with Crippen LogP contribution >= 0.6 is 0 Å². The number of carbonyl (C=O) groups excluding carboxylic acids is 2. The molecule has 68 valence electrons. The second kappa shape index (κ2) is 4.25. The van der Waals surface area contributed by atoms with Crippen molar-refractivity contribution in [1.82, 2.24) is 5.32 Å². The van der Waals surface area contributed by atoms with Crippen LogP contribution in [0.4, 0.5) is 0 Å². The Balaban J connectivity index is 0.000000145. The third-order valence-electron chi connectivity index (χ3n) is 1.39. The van der Waals surface area contributed by atoms with Gasteiger partial charge in [-0.05, 0) is 6.42 Å². The van der Waals surface area contributed by atoms with Gasteiger partial charge in [0, 0.05) is 0 Å². The van der Waals surface area contributed by atoms with Crippen molar-refractivity contribution < 1.29 is 14.7 Å². The second-order valence-corrected chi connectivity index (χ2v) is 2.44. The lowest BCUT2D eigenvalue weighted by Gasteiger charge is -1.83. The van der Waals surface area contributed by atoms with Gasteiger partial charge in [0.25, 0.3) is 11.8 Å². The molecule has 1 aliphatic heterocycles. The van der Waals surface area contributed by atoms with Crippen LogP contribution in [0.15, 0.2) is 36.1 Å². The highest BCUT2D eigenvalue weighted by Gasteiger charge is 2.18. The first-order valence-electron chi connectivity index (χ1n) is 3.78. The summed E-state index contributed by atoms with van der Waals surface area (Å²) in [5, 5.41) is 10.2. The Hall–Kier alpha value is -1.84. The summed E-state index contributed by atoms with van der Waals surface area (Å²) in [6.07, 6.45) is 10.3. The van der Waals surface area contributed by atoms with Gasteiger partial charge < -0.3 is 5.11 Å². The van der Waals surface area contributed by atoms with E-state index in [1.165, 1.54) is 0 Å². The number of hydrogen-bond acceptors (Lipinski definition) is 3. The van der Waals surface area contributed by atoms with Crippen molar-refractivity contribution in [3.05, 3.63) is 36.1 Å². The van der Waals surface area contributed by atoms with E-state index < -0.39 is 17.6 Å². The molecule has 2 amide bonds. The van der Waals surface area contributed by atoms with Gasteiger partial charge in [-0.25, -0.2) is 0 Å². The highest BCUT2D eigenvalue weighted by Crippen LogP contribution is 1.94. The summed E-state index contributed by atoms with van der Waals surface area (Å²) in [4.78, 5) is 20.2. The van der Waals surface area contributed by atoms with E-state index in [0.29, 0.717) is 0 Å². The molecular formula is C9H9NO3. The fourth-order valence-corrected chi connectivity index (χ4v) is 0.795. The van der Waals surface area contributed by atoms with E-state index in [4.69, 9.17) is 5.11 Å². The zero-order chi connectivity index (χ0) is 9.68. The van der Waals surface area contributed by atoms with Crippen LogP contribution in [0.2, 0.25) is 0 Å². The van der Waals surface area contributed by atoms with Crippen molar-refractivity contribution in [3.8, 4) is 0 Å². The monoisotopic (exact) mass is 179 g/mol. The molecule has 1 heterocycles. The van der Waals surface area contributed by atoms with Gasteiger partial charge in [-0.2, -0.15) is 0 Å². The number of hydrogen-bond donors (Lipinski definition) is 2. The van der Waals surface area contributed by atoms with Gasteiger partial charge in [-0.3, -0.25) is 14.9 Å². The van der Waals surface area contributed by atoms with E-state index in [0.717, 1.165) is 12.5 Å². The molecule has 13 heavy (non-hydrogen) atoms. The normalized spacial score (nSPS) is 18.0. The molecule has 4 heteroatoms. The molecular weight excluding hydrogens is 170 g/mol. The first kappa shape index (κ1) is 9.25. The zero-order valence-electron chi connectivity index (χ0n) is 6.86. The van der Waals surface area contributed by atoms with Crippen LogP contribution in [0.5, 0.6) is 0 Å². The summed E-state index contributed by atoms with van der Waals surface area (Å²) in [7, 11) is 0. The summed E-state index contributed by atoms with van der Waals surface area (Å²) in [6.45, 7) is 0. The van der Waals surface area contributed by atoms with Crippen LogP contribution in [-0.2, 0) is 9.59 Å². The molecule has 2 rings (SSSR count). The fourth-order valence-electron chi connectivity index (χ4n) is 0.795. The minimum Gasteiger partial charge on any atom is -0.503 e.